The lowest BCUT2D eigenvalue weighted by molar-refractivity contribution is -0.142. The number of carbonyl (C=O) groups is 2. The molecule has 0 aromatic carbocycles. The van der Waals surface area contributed by atoms with Crippen molar-refractivity contribution in [3.05, 3.63) is 23.9 Å². The van der Waals surface area contributed by atoms with Crippen LogP contribution in [-0.2, 0) is 9.53 Å². The fraction of sp³-hybridized carbons (Fsp3) is 0.731. The highest BCUT2D eigenvalue weighted by atomic mass is 16.6. The number of hydrogen-bond donors (Lipinski definition) is 1. The molecule has 4 aliphatic rings. The van der Waals surface area contributed by atoms with E-state index in [-0.39, 0.29) is 12.0 Å². The molecule has 186 valence electrons. The first-order valence-corrected chi connectivity index (χ1v) is 13.1. The first-order chi connectivity index (χ1) is 16.5. The van der Waals surface area contributed by atoms with E-state index in [0.29, 0.717) is 24.0 Å². The van der Waals surface area contributed by atoms with Crippen LogP contribution in [-0.4, -0.2) is 83.9 Å². The van der Waals surface area contributed by atoms with Gasteiger partial charge in [-0.2, -0.15) is 0 Å². The minimum absolute atomic E-state index is 0.159. The van der Waals surface area contributed by atoms with E-state index in [4.69, 9.17) is 9.72 Å². The second-order valence-corrected chi connectivity index (χ2v) is 10.8. The molecule has 2 saturated carbocycles. The molecule has 3 heterocycles. The number of anilines is 1. The molecule has 1 aromatic heterocycles. The van der Waals surface area contributed by atoms with Crippen molar-refractivity contribution in [2.75, 3.05) is 50.8 Å². The van der Waals surface area contributed by atoms with E-state index in [1.165, 1.54) is 24.8 Å². The van der Waals surface area contributed by atoms with E-state index in [2.05, 4.69) is 15.9 Å². The van der Waals surface area contributed by atoms with Crippen LogP contribution in [0.1, 0.15) is 63.4 Å². The Morgan fingerprint density at radius 1 is 1.12 bits per heavy atom. The Balaban J connectivity index is 1.14. The highest BCUT2D eigenvalue weighted by molar-refractivity contribution is 5.70. The van der Waals surface area contributed by atoms with Crippen LogP contribution in [0.25, 0.3) is 0 Å². The van der Waals surface area contributed by atoms with Crippen molar-refractivity contribution in [2.24, 2.45) is 11.3 Å². The number of aromatic nitrogens is 1. The van der Waals surface area contributed by atoms with Gasteiger partial charge in [-0.15, -0.1) is 0 Å². The zero-order valence-corrected chi connectivity index (χ0v) is 20.3. The third-order valence-electron chi connectivity index (χ3n) is 8.72. The van der Waals surface area contributed by atoms with E-state index in [9.17, 15) is 14.7 Å². The van der Waals surface area contributed by atoms with Gasteiger partial charge < -0.3 is 19.6 Å². The number of carbonyl (C=O) groups excluding carboxylic acids is 1. The van der Waals surface area contributed by atoms with Gasteiger partial charge in [-0.3, -0.25) is 9.69 Å². The summed E-state index contributed by atoms with van der Waals surface area (Å²) in [5.74, 6) is 0.681. The lowest BCUT2D eigenvalue weighted by Crippen LogP contribution is -2.58. The van der Waals surface area contributed by atoms with Gasteiger partial charge in [-0.05, 0) is 69.4 Å². The van der Waals surface area contributed by atoms with Gasteiger partial charge in [-0.1, -0.05) is 6.07 Å². The maximum atomic E-state index is 12.0. The Hall–Kier alpha value is -2.35. The summed E-state index contributed by atoms with van der Waals surface area (Å²) in [5.41, 5.74) is 1.60. The van der Waals surface area contributed by atoms with E-state index >= 15 is 0 Å². The number of carboxylic acid groups (broad SMARTS) is 1. The van der Waals surface area contributed by atoms with Crippen molar-refractivity contribution in [2.45, 2.75) is 63.8 Å². The van der Waals surface area contributed by atoms with Crippen LogP contribution in [0.2, 0.25) is 0 Å². The first kappa shape index (κ1) is 23.4. The summed E-state index contributed by atoms with van der Waals surface area (Å²) in [5, 5.41) is 9.33. The molecule has 0 radical (unpaired) electrons. The molecule has 8 nitrogen and oxygen atoms in total. The Labute approximate surface area is 202 Å². The molecule has 1 N–H and O–H groups in total. The van der Waals surface area contributed by atoms with Crippen molar-refractivity contribution in [1.29, 1.82) is 0 Å². The molecule has 2 aliphatic carbocycles. The molecule has 5 rings (SSSR count). The predicted octanol–water partition coefficient (Wildman–Crippen LogP) is 3.57. The lowest BCUT2D eigenvalue weighted by atomic mass is 9.78. The fourth-order valence-electron chi connectivity index (χ4n) is 6.83. The van der Waals surface area contributed by atoms with Crippen LogP contribution in [0.15, 0.2) is 18.3 Å². The molecule has 2 saturated heterocycles. The number of piperazine rings is 1. The SMILES string of the molecule is CCOC(=O)N1CC2(CC[C@@H](N3CCN(c4ncccc4C4CCC(C(=O)O)CC4)CC3)C2)C1. The molecule has 2 aliphatic heterocycles. The summed E-state index contributed by atoms with van der Waals surface area (Å²) < 4.78 is 5.15. The topological polar surface area (TPSA) is 86.2 Å². The first-order valence-electron chi connectivity index (χ1n) is 13.1. The summed E-state index contributed by atoms with van der Waals surface area (Å²) >= 11 is 0. The molecule has 4 fully saturated rings. The minimum Gasteiger partial charge on any atom is -0.481 e. The number of amides is 1. The highest BCUT2D eigenvalue weighted by Gasteiger charge is 2.51. The quantitative estimate of drug-likeness (QED) is 0.704. The van der Waals surface area contributed by atoms with Crippen molar-refractivity contribution in [1.82, 2.24) is 14.8 Å². The van der Waals surface area contributed by atoms with Crippen molar-refractivity contribution < 1.29 is 19.4 Å². The maximum absolute atomic E-state index is 12.0. The zero-order chi connectivity index (χ0) is 23.7. The summed E-state index contributed by atoms with van der Waals surface area (Å²) in [6.07, 6.45) is 8.73. The predicted molar refractivity (Wildman–Crippen MR) is 129 cm³/mol. The number of pyridine rings is 1. The van der Waals surface area contributed by atoms with Gasteiger partial charge in [0, 0.05) is 56.9 Å². The summed E-state index contributed by atoms with van der Waals surface area (Å²) in [6.45, 7) is 8.05. The average Bonchev–Trinajstić information content (AvgIpc) is 3.30. The van der Waals surface area contributed by atoms with Crippen LogP contribution < -0.4 is 4.90 Å². The summed E-state index contributed by atoms with van der Waals surface area (Å²) in [7, 11) is 0. The Morgan fingerprint density at radius 2 is 1.85 bits per heavy atom. The van der Waals surface area contributed by atoms with Gasteiger partial charge in [0.15, 0.2) is 0 Å². The van der Waals surface area contributed by atoms with E-state index in [1.54, 1.807) is 0 Å². The normalized spacial score (nSPS) is 29.1. The average molecular weight is 471 g/mol. The second kappa shape index (κ2) is 9.72. The number of likely N-dealkylation sites (tertiary alicyclic amines) is 1. The molecule has 0 unspecified atom stereocenters. The minimum atomic E-state index is -0.648. The molecular weight excluding hydrogens is 432 g/mol. The number of rotatable bonds is 5. The van der Waals surface area contributed by atoms with Gasteiger partial charge >= 0.3 is 12.1 Å². The van der Waals surface area contributed by atoms with Gasteiger partial charge in [-0.25, -0.2) is 9.78 Å². The highest BCUT2D eigenvalue weighted by Crippen LogP contribution is 2.47. The number of aliphatic carboxylic acids is 1. The number of hydrogen-bond acceptors (Lipinski definition) is 6. The fourth-order valence-corrected chi connectivity index (χ4v) is 6.83. The number of carboxylic acids is 1. The van der Waals surface area contributed by atoms with Gasteiger partial charge in [0.2, 0.25) is 0 Å². The second-order valence-electron chi connectivity index (χ2n) is 10.8. The molecular formula is C26H38N4O4. The molecule has 8 heteroatoms. The largest absolute Gasteiger partial charge is 0.481 e. The van der Waals surface area contributed by atoms with Crippen molar-refractivity contribution >= 4 is 17.9 Å². The molecule has 1 atom stereocenters. The lowest BCUT2D eigenvalue weighted by Gasteiger charge is -2.48. The van der Waals surface area contributed by atoms with Crippen molar-refractivity contribution in [3.63, 3.8) is 0 Å². The number of nitrogens with zero attached hydrogens (tertiary/aromatic N) is 4. The van der Waals surface area contributed by atoms with Gasteiger partial charge in [0.05, 0.1) is 12.5 Å². The van der Waals surface area contributed by atoms with Crippen LogP contribution in [0.4, 0.5) is 10.6 Å². The van der Waals surface area contributed by atoms with E-state index in [0.717, 1.165) is 70.8 Å². The standard InChI is InChI=1S/C26H38N4O4/c1-2-34-25(33)30-17-26(18-30)10-9-21(16-26)28-12-14-29(15-13-28)23-22(4-3-11-27-23)19-5-7-20(8-6-19)24(31)32/h3-4,11,19-21H,2,5-10,12-18H2,1H3,(H,31,32)/t19?,20?,21-/m1/s1. The third kappa shape index (κ3) is 4.61. The summed E-state index contributed by atoms with van der Waals surface area (Å²) in [6, 6.07) is 4.84. The van der Waals surface area contributed by atoms with Crippen LogP contribution in [0.5, 0.6) is 0 Å². The van der Waals surface area contributed by atoms with Crippen LogP contribution in [0, 0.1) is 11.3 Å². The van der Waals surface area contributed by atoms with Gasteiger partial charge in [0.1, 0.15) is 5.82 Å². The van der Waals surface area contributed by atoms with E-state index in [1.807, 2.05) is 24.1 Å². The van der Waals surface area contributed by atoms with Crippen LogP contribution in [0.3, 0.4) is 0 Å². The Kier molecular flexibility index (Phi) is 6.69. The molecule has 1 spiro atoms. The molecule has 1 aromatic rings. The Morgan fingerprint density at radius 3 is 2.53 bits per heavy atom. The van der Waals surface area contributed by atoms with Gasteiger partial charge in [0.25, 0.3) is 0 Å². The molecule has 1 amide bonds. The molecule has 34 heavy (non-hydrogen) atoms. The summed E-state index contributed by atoms with van der Waals surface area (Å²) in [4.78, 5) is 35.0. The number of ether oxygens (including phenoxy) is 1. The smallest absolute Gasteiger partial charge is 0.409 e. The zero-order valence-electron chi connectivity index (χ0n) is 20.3. The van der Waals surface area contributed by atoms with Crippen LogP contribution >= 0.6 is 0 Å². The van der Waals surface area contributed by atoms with E-state index < -0.39 is 5.97 Å². The Bertz CT molecular complexity index is 887. The third-order valence-corrected chi connectivity index (χ3v) is 8.72. The monoisotopic (exact) mass is 470 g/mol. The maximum Gasteiger partial charge on any atom is 0.409 e. The molecule has 0 bridgehead atoms. The van der Waals surface area contributed by atoms with Crippen molar-refractivity contribution in [3.8, 4) is 0 Å².